The Morgan fingerprint density at radius 2 is 1.89 bits per heavy atom. The number of benzene rings is 1. The zero-order valence-electron chi connectivity index (χ0n) is 18.0. The normalized spacial score (nSPS) is 10.9. The predicted octanol–water partition coefficient (Wildman–Crippen LogP) is 5.90. The summed E-state index contributed by atoms with van der Waals surface area (Å²) in [5, 5.41) is 10.8. The van der Waals surface area contributed by atoms with E-state index >= 15 is 0 Å². The number of ether oxygens (including phenoxy) is 1. The van der Waals surface area contributed by atoms with Crippen LogP contribution in [0.25, 0.3) is 0 Å². The van der Waals surface area contributed by atoms with Crippen molar-refractivity contribution in [3.63, 3.8) is 0 Å². The molecule has 0 fully saturated rings. The summed E-state index contributed by atoms with van der Waals surface area (Å²) in [5.74, 6) is 6.09. The fraction of sp³-hybridized carbons (Fsp3) is 0.609. The van der Waals surface area contributed by atoms with Crippen molar-refractivity contribution in [2.45, 2.75) is 86.2 Å². The van der Waals surface area contributed by atoms with Gasteiger partial charge in [0.05, 0.1) is 12.2 Å². The number of rotatable bonds is 7. The number of amides is 1. The van der Waals surface area contributed by atoms with Crippen molar-refractivity contribution in [3.05, 3.63) is 22.8 Å². The summed E-state index contributed by atoms with van der Waals surface area (Å²) in [6, 6.07) is 1.96. The molecule has 0 atom stereocenters. The van der Waals surface area contributed by atoms with Crippen LogP contribution >= 0.6 is 0 Å². The van der Waals surface area contributed by atoms with Crippen molar-refractivity contribution >= 4 is 11.8 Å². The van der Waals surface area contributed by atoms with Gasteiger partial charge in [0, 0.05) is 5.56 Å². The minimum absolute atomic E-state index is 0.231. The maximum absolute atomic E-state index is 12.9. The summed E-state index contributed by atoms with van der Waals surface area (Å²) in [7, 11) is 0. The largest absolute Gasteiger partial charge is 0.507 e. The molecule has 1 amide bonds. The zero-order chi connectivity index (χ0) is 20.6. The SMILES string of the molecule is CC#CCN(C(=O)OC(C)(C)C)c1cc(C)c(C)c(O)c1CCCCCC. The minimum Gasteiger partial charge on any atom is -0.507 e. The predicted molar refractivity (Wildman–Crippen MR) is 112 cm³/mol. The average molecular weight is 374 g/mol. The Morgan fingerprint density at radius 3 is 2.44 bits per heavy atom. The van der Waals surface area contributed by atoms with Gasteiger partial charge in [-0.05, 0) is 71.6 Å². The molecule has 0 bridgehead atoms. The molecule has 27 heavy (non-hydrogen) atoms. The van der Waals surface area contributed by atoms with Crippen LogP contribution in [0, 0.1) is 25.7 Å². The van der Waals surface area contributed by atoms with E-state index in [0.29, 0.717) is 5.69 Å². The van der Waals surface area contributed by atoms with Crippen LogP contribution in [0.15, 0.2) is 6.07 Å². The Morgan fingerprint density at radius 1 is 1.22 bits per heavy atom. The lowest BCUT2D eigenvalue weighted by molar-refractivity contribution is 0.0585. The lowest BCUT2D eigenvalue weighted by atomic mass is 9.97. The number of hydrogen-bond donors (Lipinski definition) is 1. The highest BCUT2D eigenvalue weighted by Crippen LogP contribution is 2.36. The number of phenolic OH excluding ortho intramolecular Hbond substituents is 1. The Bertz CT molecular complexity index is 705. The molecule has 4 nitrogen and oxygen atoms in total. The van der Waals surface area contributed by atoms with Gasteiger partial charge in [0.2, 0.25) is 0 Å². The summed E-state index contributed by atoms with van der Waals surface area (Å²) in [6.07, 6.45) is 4.67. The van der Waals surface area contributed by atoms with Gasteiger partial charge >= 0.3 is 6.09 Å². The van der Waals surface area contributed by atoms with E-state index in [0.717, 1.165) is 48.8 Å². The van der Waals surface area contributed by atoms with Crippen molar-refractivity contribution in [1.82, 2.24) is 0 Å². The van der Waals surface area contributed by atoms with Crippen LogP contribution in [-0.2, 0) is 11.2 Å². The average Bonchev–Trinajstić information content (AvgIpc) is 2.57. The number of aryl methyl sites for hydroxylation is 1. The lowest BCUT2D eigenvalue weighted by Gasteiger charge is -2.28. The molecule has 0 aliphatic heterocycles. The van der Waals surface area contributed by atoms with E-state index in [1.807, 2.05) is 40.7 Å². The zero-order valence-corrected chi connectivity index (χ0v) is 18.0. The molecule has 0 unspecified atom stereocenters. The molecule has 1 aromatic carbocycles. The van der Waals surface area contributed by atoms with Gasteiger partial charge in [0.1, 0.15) is 11.4 Å². The Hall–Kier alpha value is -2.15. The van der Waals surface area contributed by atoms with Gasteiger partial charge in [-0.3, -0.25) is 4.90 Å². The monoisotopic (exact) mass is 373 g/mol. The summed E-state index contributed by atoms with van der Waals surface area (Å²) in [5.41, 5.74) is 2.70. The highest BCUT2D eigenvalue weighted by Gasteiger charge is 2.26. The standard InChI is InChI=1S/C23H35NO3/c1-8-10-12-13-14-19-20(16-17(3)18(4)21(19)25)24(15-11-9-2)22(26)27-23(5,6)7/h16,25H,8,10,12-15H2,1-7H3. The topological polar surface area (TPSA) is 49.8 Å². The van der Waals surface area contributed by atoms with E-state index in [-0.39, 0.29) is 12.3 Å². The number of aromatic hydroxyl groups is 1. The highest BCUT2D eigenvalue weighted by atomic mass is 16.6. The van der Waals surface area contributed by atoms with Gasteiger partial charge in [0.15, 0.2) is 0 Å². The second-order valence-corrected chi connectivity index (χ2v) is 7.97. The van der Waals surface area contributed by atoms with Crippen molar-refractivity contribution in [1.29, 1.82) is 0 Å². The van der Waals surface area contributed by atoms with Crippen LogP contribution < -0.4 is 4.90 Å². The third kappa shape index (κ3) is 6.82. The van der Waals surface area contributed by atoms with E-state index in [4.69, 9.17) is 4.74 Å². The van der Waals surface area contributed by atoms with Crippen molar-refractivity contribution < 1.29 is 14.6 Å². The molecular formula is C23H35NO3. The molecular weight excluding hydrogens is 338 g/mol. The summed E-state index contributed by atoms with van der Waals surface area (Å²) < 4.78 is 5.60. The van der Waals surface area contributed by atoms with E-state index in [9.17, 15) is 9.90 Å². The summed E-state index contributed by atoms with van der Waals surface area (Å²) in [4.78, 5) is 14.4. The molecule has 0 aromatic heterocycles. The molecule has 1 N–H and O–H groups in total. The number of hydrogen-bond acceptors (Lipinski definition) is 3. The Kier molecular flexibility index (Phi) is 8.69. The number of carbonyl (C=O) groups excluding carboxylic acids is 1. The second-order valence-electron chi connectivity index (χ2n) is 7.97. The van der Waals surface area contributed by atoms with Crippen molar-refractivity contribution in [3.8, 4) is 17.6 Å². The first kappa shape index (κ1) is 22.9. The van der Waals surface area contributed by atoms with E-state index in [1.165, 1.54) is 0 Å². The van der Waals surface area contributed by atoms with Gasteiger partial charge in [-0.2, -0.15) is 0 Å². The van der Waals surface area contributed by atoms with Crippen LogP contribution in [0.3, 0.4) is 0 Å². The van der Waals surface area contributed by atoms with Gasteiger partial charge in [-0.15, -0.1) is 5.92 Å². The first-order valence-corrected chi connectivity index (χ1v) is 9.84. The van der Waals surface area contributed by atoms with Gasteiger partial charge in [-0.25, -0.2) is 4.79 Å². The fourth-order valence-corrected chi connectivity index (χ4v) is 2.87. The smallest absolute Gasteiger partial charge is 0.415 e. The van der Waals surface area contributed by atoms with Gasteiger partial charge < -0.3 is 9.84 Å². The quantitative estimate of drug-likeness (QED) is 0.478. The molecule has 0 aliphatic carbocycles. The van der Waals surface area contributed by atoms with E-state index in [1.54, 1.807) is 11.8 Å². The fourth-order valence-electron chi connectivity index (χ4n) is 2.87. The number of carbonyl (C=O) groups is 1. The number of unbranched alkanes of at least 4 members (excludes halogenated alkanes) is 3. The molecule has 0 aliphatic rings. The highest BCUT2D eigenvalue weighted by molar-refractivity contribution is 5.90. The van der Waals surface area contributed by atoms with Crippen molar-refractivity contribution in [2.24, 2.45) is 0 Å². The molecule has 150 valence electrons. The lowest BCUT2D eigenvalue weighted by Crippen LogP contribution is -2.37. The molecule has 0 heterocycles. The van der Waals surface area contributed by atoms with E-state index in [2.05, 4.69) is 18.8 Å². The van der Waals surface area contributed by atoms with Crippen molar-refractivity contribution in [2.75, 3.05) is 11.4 Å². The first-order valence-electron chi connectivity index (χ1n) is 9.84. The Labute approximate surface area is 164 Å². The minimum atomic E-state index is -0.599. The van der Waals surface area contributed by atoms with Crippen LogP contribution in [0.2, 0.25) is 0 Å². The number of phenols is 1. The molecule has 0 radical (unpaired) electrons. The van der Waals surface area contributed by atoms with E-state index < -0.39 is 11.7 Å². The molecule has 4 heteroatoms. The van der Waals surface area contributed by atoms with Crippen LogP contribution in [0.5, 0.6) is 5.75 Å². The molecule has 1 aromatic rings. The maximum atomic E-state index is 12.9. The third-order valence-corrected chi connectivity index (χ3v) is 4.49. The van der Waals surface area contributed by atoms with Crippen LogP contribution in [0.4, 0.5) is 10.5 Å². The molecule has 0 spiro atoms. The summed E-state index contributed by atoms with van der Waals surface area (Å²) >= 11 is 0. The first-order chi connectivity index (χ1) is 12.6. The van der Waals surface area contributed by atoms with Crippen LogP contribution in [-0.4, -0.2) is 23.3 Å². The van der Waals surface area contributed by atoms with Crippen LogP contribution in [0.1, 0.15) is 77.0 Å². The number of anilines is 1. The summed E-state index contributed by atoms with van der Waals surface area (Å²) in [6.45, 7) is 13.5. The molecule has 1 rings (SSSR count). The second kappa shape index (κ2) is 10.3. The van der Waals surface area contributed by atoms with Gasteiger partial charge in [-0.1, -0.05) is 32.1 Å². The molecule has 0 saturated carbocycles. The third-order valence-electron chi connectivity index (χ3n) is 4.49. The number of nitrogens with zero attached hydrogens (tertiary/aromatic N) is 1. The molecule has 0 saturated heterocycles. The Balaban J connectivity index is 3.35. The maximum Gasteiger partial charge on any atom is 0.415 e. The van der Waals surface area contributed by atoms with Gasteiger partial charge in [0.25, 0.3) is 0 Å².